The van der Waals surface area contributed by atoms with Crippen molar-refractivity contribution in [2.24, 2.45) is 5.41 Å². The number of ketones is 1. The van der Waals surface area contributed by atoms with Gasteiger partial charge in [0, 0.05) is 0 Å². The maximum absolute atomic E-state index is 11.2. The van der Waals surface area contributed by atoms with E-state index in [4.69, 9.17) is 5.26 Å². The van der Waals surface area contributed by atoms with Gasteiger partial charge in [-0.3, -0.25) is 4.79 Å². The first kappa shape index (κ1) is 13.2. The molecule has 0 aromatic carbocycles. The van der Waals surface area contributed by atoms with Gasteiger partial charge in [-0.05, 0) is 20.3 Å². The van der Waals surface area contributed by atoms with Gasteiger partial charge in [-0.1, -0.05) is 39.0 Å². The first-order chi connectivity index (χ1) is 6.56. The lowest BCUT2D eigenvalue weighted by Gasteiger charge is -2.17. The van der Waals surface area contributed by atoms with Gasteiger partial charge in [0.25, 0.3) is 0 Å². The number of carbonyl (C=O) groups excluding carboxylic acids is 1. The summed E-state index contributed by atoms with van der Waals surface area (Å²) in [7, 11) is 0. The summed E-state index contributed by atoms with van der Waals surface area (Å²) in [4.78, 5) is 11.2. The van der Waals surface area contributed by atoms with Gasteiger partial charge in [-0.25, -0.2) is 0 Å². The van der Waals surface area contributed by atoms with Crippen LogP contribution in [0.4, 0.5) is 0 Å². The van der Waals surface area contributed by atoms with Crippen molar-refractivity contribution in [1.29, 1.82) is 5.26 Å². The Morgan fingerprint density at radius 3 is 2.29 bits per heavy atom. The van der Waals surface area contributed by atoms with Crippen LogP contribution in [-0.4, -0.2) is 5.78 Å². The second-order valence-corrected chi connectivity index (χ2v) is 4.16. The molecule has 0 aliphatic carbocycles. The van der Waals surface area contributed by atoms with Gasteiger partial charge in [-0.15, -0.1) is 0 Å². The Morgan fingerprint density at radius 2 is 1.86 bits per heavy atom. The minimum atomic E-state index is -0.744. The summed E-state index contributed by atoms with van der Waals surface area (Å²) in [5, 5.41) is 8.89. The van der Waals surface area contributed by atoms with Crippen molar-refractivity contribution in [2.75, 3.05) is 0 Å². The van der Waals surface area contributed by atoms with Gasteiger partial charge < -0.3 is 0 Å². The lowest BCUT2D eigenvalue weighted by Crippen LogP contribution is -2.23. The van der Waals surface area contributed by atoms with Crippen LogP contribution >= 0.6 is 0 Å². The molecule has 0 saturated heterocycles. The Labute approximate surface area is 87.3 Å². The fourth-order valence-electron chi connectivity index (χ4n) is 1.39. The van der Waals surface area contributed by atoms with E-state index >= 15 is 0 Å². The minimum Gasteiger partial charge on any atom is -0.298 e. The average molecular weight is 195 g/mol. The minimum absolute atomic E-state index is 0.00417. The second-order valence-electron chi connectivity index (χ2n) is 4.16. The molecule has 0 spiro atoms. The third kappa shape index (κ3) is 4.41. The topological polar surface area (TPSA) is 40.9 Å². The molecule has 0 aromatic heterocycles. The predicted octanol–water partition coefficient (Wildman–Crippen LogP) is 3.47. The third-order valence-electron chi connectivity index (χ3n) is 2.80. The quantitative estimate of drug-likeness (QED) is 0.584. The molecule has 0 fully saturated rings. The number of Topliss-reactive ketones (excluding diaryl/α,β-unsaturated/α-hetero) is 1. The Bertz CT molecular complexity index is 217. The van der Waals surface area contributed by atoms with Crippen molar-refractivity contribution >= 4 is 5.78 Å². The molecule has 1 atom stereocenters. The highest BCUT2D eigenvalue weighted by molar-refractivity contribution is 5.84. The van der Waals surface area contributed by atoms with E-state index in [9.17, 15) is 4.79 Å². The van der Waals surface area contributed by atoms with Crippen LogP contribution in [0.2, 0.25) is 0 Å². The second kappa shape index (κ2) is 6.59. The van der Waals surface area contributed by atoms with E-state index in [0.29, 0.717) is 6.42 Å². The zero-order valence-electron chi connectivity index (χ0n) is 9.60. The fourth-order valence-corrected chi connectivity index (χ4v) is 1.39. The Kier molecular flexibility index (Phi) is 6.19. The molecule has 0 heterocycles. The Hall–Kier alpha value is -0.840. The first-order valence-corrected chi connectivity index (χ1v) is 5.49. The standard InChI is InChI=1S/C12H21NO/c1-4-5-6-7-8-9-12(3,10-13)11(2)14/h4-9H2,1-3H3. The van der Waals surface area contributed by atoms with Crippen LogP contribution < -0.4 is 0 Å². The summed E-state index contributed by atoms with van der Waals surface area (Å²) in [6.07, 6.45) is 6.53. The van der Waals surface area contributed by atoms with Gasteiger partial charge in [0.05, 0.1) is 6.07 Å². The molecule has 1 unspecified atom stereocenters. The van der Waals surface area contributed by atoms with Crippen LogP contribution in [0.1, 0.15) is 59.3 Å². The molecule has 2 heteroatoms. The van der Waals surface area contributed by atoms with Crippen molar-refractivity contribution in [2.45, 2.75) is 59.3 Å². The smallest absolute Gasteiger partial charge is 0.149 e. The summed E-state index contributed by atoms with van der Waals surface area (Å²) in [6, 6.07) is 2.12. The molecule has 0 saturated carbocycles. The summed E-state index contributed by atoms with van der Waals surface area (Å²) in [6.45, 7) is 5.43. The number of unbranched alkanes of at least 4 members (excludes halogenated alkanes) is 4. The van der Waals surface area contributed by atoms with E-state index in [2.05, 4.69) is 13.0 Å². The molecule has 14 heavy (non-hydrogen) atoms. The molecule has 0 radical (unpaired) electrons. The summed E-state index contributed by atoms with van der Waals surface area (Å²) in [5.41, 5.74) is -0.744. The van der Waals surface area contributed by atoms with Gasteiger partial charge in [0.15, 0.2) is 0 Å². The molecule has 0 N–H and O–H groups in total. The molecule has 0 aliphatic rings. The fraction of sp³-hybridized carbons (Fsp3) is 0.833. The van der Waals surface area contributed by atoms with E-state index in [-0.39, 0.29) is 5.78 Å². The van der Waals surface area contributed by atoms with E-state index in [1.54, 1.807) is 6.92 Å². The number of nitrogens with zero attached hydrogens (tertiary/aromatic N) is 1. The van der Waals surface area contributed by atoms with Gasteiger partial charge in [0.1, 0.15) is 11.2 Å². The van der Waals surface area contributed by atoms with Crippen LogP contribution in [0, 0.1) is 16.7 Å². The van der Waals surface area contributed by atoms with E-state index in [0.717, 1.165) is 12.8 Å². The van der Waals surface area contributed by atoms with Crippen molar-refractivity contribution in [3.63, 3.8) is 0 Å². The molecule has 0 aliphatic heterocycles. The van der Waals surface area contributed by atoms with E-state index < -0.39 is 5.41 Å². The number of carbonyl (C=O) groups is 1. The van der Waals surface area contributed by atoms with Crippen LogP contribution in [0.5, 0.6) is 0 Å². The maximum Gasteiger partial charge on any atom is 0.149 e. The zero-order valence-corrected chi connectivity index (χ0v) is 9.60. The zero-order chi connectivity index (χ0) is 11.0. The third-order valence-corrected chi connectivity index (χ3v) is 2.80. The number of rotatable bonds is 7. The highest BCUT2D eigenvalue weighted by Crippen LogP contribution is 2.24. The molecule has 0 bridgehead atoms. The first-order valence-electron chi connectivity index (χ1n) is 5.49. The molecule has 2 nitrogen and oxygen atoms in total. The molecule has 80 valence electrons. The van der Waals surface area contributed by atoms with Crippen molar-refractivity contribution in [1.82, 2.24) is 0 Å². The Balaban J connectivity index is 3.76. The highest BCUT2D eigenvalue weighted by atomic mass is 16.1. The molecule has 0 aromatic rings. The van der Waals surface area contributed by atoms with E-state index in [1.165, 1.54) is 26.2 Å². The highest BCUT2D eigenvalue weighted by Gasteiger charge is 2.28. The van der Waals surface area contributed by atoms with E-state index in [1.807, 2.05) is 0 Å². The average Bonchev–Trinajstić information content (AvgIpc) is 2.17. The maximum atomic E-state index is 11.2. The summed E-state index contributed by atoms with van der Waals surface area (Å²) >= 11 is 0. The van der Waals surface area contributed by atoms with Gasteiger partial charge in [-0.2, -0.15) is 5.26 Å². The number of hydrogen-bond donors (Lipinski definition) is 0. The molecular formula is C12H21NO. The largest absolute Gasteiger partial charge is 0.298 e. The van der Waals surface area contributed by atoms with Crippen molar-refractivity contribution in [3.05, 3.63) is 0 Å². The normalized spacial score (nSPS) is 14.4. The van der Waals surface area contributed by atoms with Crippen LogP contribution in [-0.2, 0) is 4.79 Å². The summed E-state index contributed by atoms with van der Waals surface area (Å²) < 4.78 is 0. The molecular weight excluding hydrogens is 174 g/mol. The van der Waals surface area contributed by atoms with Crippen molar-refractivity contribution in [3.8, 4) is 6.07 Å². The van der Waals surface area contributed by atoms with Gasteiger partial charge in [0.2, 0.25) is 0 Å². The number of hydrogen-bond acceptors (Lipinski definition) is 2. The number of nitriles is 1. The van der Waals surface area contributed by atoms with Crippen molar-refractivity contribution < 1.29 is 4.79 Å². The molecule has 0 amide bonds. The molecule has 0 rings (SSSR count). The van der Waals surface area contributed by atoms with Crippen LogP contribution in [0.15, 0.2) is 0 Å². The van der Waals surface area contributed by atoms with Crippen LogP contribution in [0.25, 0.3) is 0 Å². The Morgan fingerprint density at radius 1 is 1.29 bits per heavy atom. The van der Waals surface area contributed by atoms with Crippen LogP contribution in [0.3, 0.4) is 0 Å². The summed E-state index contributed by atoms with van der Waals surface area (Å²) in [5.74, 6) is -0.00417. The lowest BCUT2D eigenvalue weighted by atomic mass is 9.82. The lowest BCUT2D eigenvalue weighted by molar-refractivity contribution is -0.123. The SMILES string of the molecule is CCCCCCCC(C)(C#N)C(C)=O. The predicted molar refractivity (Wildman–Crippen MR) is 57.8 cm³/mol. The monoisotopic (exact) mass is 195 g/mol. The van der Waals surface area contributed by atoms with Gasteiger partial charge >= 0.3 is 0 Å².